The molecule has 0 N–H and O–H groups in total. The molecule has 2 aromatic carbocycles. The predicted molar refractivity (Wildman–Crippen MR) is 109 cm³/mol. The Morgan fingerprint density at radius 1 is 1.15 bits per heavy atom. The summed E-state index contributed by atoms with van der Waals surface area (Å²) in [5, 5.41) is 0. The molecule has 0 radical (unpaired) electrons. The van der Waals surface area contributed by atoms with Crippen LogP contribution in [0.25, 0.3) is 0 Å². The average molecular weight is 364 g/mol. The monoisotopic (exact) mass is 364 g/mol. The van der Waals surface area contributed by atoms with Crippen molar-refractivity contribution in [3.8, 4) is 0 Å². The summed E-state index contributed by atoms with van der Waals surface area (Å²) in [5.41, 5.74) is 4.81. The highest BCUT2D eigenvalue weighted by Gasteiger charge is 2.29. The fraction of sp³-hybridized carbons (Fsp3) is 0.391. The number of amides is 2. The molecular weight excluding hydrogens is 336 g/mol. The van der Waals surface area contributed by atoms with Crippen LogP contribution in [-0.2, 0) is 17.8 Å². The molecule has 0 saturated heterocycles. The number of hydrogen-bond acceptors (Lipinski definition) is 2. The normalized spacial score (nSPS) is 13.2. The Balaban J connectivity index is 1.76. The lowest BCUT2D eigenvalue weighted by molar-refractivity contribution is -0.129. The highest BCUT2D eigenvalue weighted by molar-refractivity contribution is 6.10. The topological polar surface area (TPSA) is 40.6 Å². The number of carbonyl (C=O) groups excluding carboxylic acids is 2. The van der Waals surface area contributed by atoms with Gasteiger partial charge in [0.1, 0.15) is 0 Å². The molecule has 1 aliphatic heterocycles. The van der Waals surface area contributed by atoms with E-state index in [9.17, 15) is 9.59 Å². The van der Waals surface area contributed by atoms with E-state index in [0.29, 0.717) is 24.4 Å². The van der Waals surface area contributed by atoms with Gasteiger partial charge in [-0.3, -0.25) is 9.59 Å². The molecule has 0 bridgehead atoms. The van der Waals surface area contributed by atoms with Crippen LogP contribution in [0, 0.1) is 0 Å². The number of fused-ring (bicyclic) bond motifs is 1. The van der Waals surface area contributed by atoms with E-state index in [-0.39, 0.29) is 11.8 Å². The number of benzene rings is 2. The molecule has 0 saturated carbocycles. The zero-order valence-electron chi connectivity index (χ0n) is 16.7. The van der Waals surface area contributed by atoms with Crippen molar-refractivity contribution in [1.29, 1.82) is 0 Å². The first kappa shape index (κ1) is 19.2. The fourth-order valence-electron chi connectivity index (χ4n) is 3.48. The van der Waals surface area contributed by atoms with Crippen molar-refractivity contribution in [1.82, 2.24) is 4.90 Å². The molecule has 1 heterocycles. The molecular formula is C23H28N2O2. The lowest BCUT2D eigenvalue weighted by Gasteiger charge is -2.17. The molecule has 0 atom stereocenters. The van der Waals surface area contributed by atoms with Gasteiger partial charge in [0.15, 0.2) is 0 Å². The third-order valence-corrected chi connectivity index (χ3v) is 5.19. The molecule has 3 rings (SSSR count). The van der Waals surface area contributed by atoms with Gasteiger partial charge in [-0.05, 0) is 47.2 Å². The molecule has 1 aliphatic rings. The number of carbonyl (C=O) groups is 2. The van der Waals surface area contributed by atoms with E-state index in [4.69, 9.17) is 0 Å². The highest BCUT2D eigenvalue weighted by atomic mass is 16.2. The summed E-state index contributed by atoms with van der Waals surface area (Å²) in [7, 11) is 1.83. The highest BCUT2D eigenvalue weighted by Crippen LogP contribution is 2.30. The van der Waals surface area contributed by atoms with Crippen molar-refractivity contribution in [2.75, 3.05) is 18.5 Å². The minimum absolute atomic E-state index is 0.0125. The van der Waals surface area contributed by atoms with Gasteiger partial charge in [-0.25, -0.2) is 0 Å². The molecule has 4 nitrogen and oxygen atoms in total. The smallest absolute Gasteiger partial charge is 0.258 e. The van der Waals surface area contributed by atoms with E-state index in [2.05, 4.69) is 32.9 Å². The van der Waals surface area contributed by atoms with E-state index in [1.54, 1.807) is 4.90 Å². The molecule has 0 aromatic heterocycles. The number of anilines is 1. The first-order valence-corrected chi connectivity index (χ1v) is 9.68. The van der Waals surface area contributed by atoms with E-state index in [1.165, 1.54) is 5.56 Å². The second-order valence-electron chi connectivity index (χ2n) is 7.62. The maximum atomic E-state index is 12.9. The summed E-state index contributed by atoms with van der Waals surface area (Å²) in [4.78, 5) is 28.8. The van der Waals surface area contributed by atoms with Gasteiger partial charge in [0.05, 0.1) is 13.0 Å². The van der Waals surface area contributed by atoms with Gasteiger partial charge in [-0.15, -0.1) is 0 Å². The van der Waals surface area contributed by atoms with Crippen LogP contribution in [0.3, 0.4) is 0 Å². The van der Waals surface area contributed by atoms with Crippen LogP contribution in [-0.4, -0.2) is 30.3 Å². The Morgan fingerprint density at radius 2 is 1.85 bits per heavy atom. The Hall–Kier alpha value is -2.62. The van der Waals surface area contributed by atoms with Crippen LogP contribution >= 0.6 is 0 Å². The first-order valence-electron chi connectivity index (χ1n) is 9.68. The van der Waals surface area contributed by atoms with Crippen molar-refractivity contribution in [2.45, 2.75) is 46.1 Å². The standard InChI is InChI=1S/C23H28N2O2/c1-5-12-24(4)22(26)14-17-6-7-19-15-25(23(27)21(19)13-17)20-10-8-18(9-11-20)16(2)3/h6-11,13,16H,5,12,14-15H2,1-4H3. The van der Waals surface area contributed by atoms with Crippen molar-refractivity contribution >= 4 is 17.5 Å². The van der Waals surface area contributed by atoms with Gasteiger partial charge in [0.25, 0.3) is 5.91 Å². The summed E-state index contributed by atoms with van der Waals surface area (Å²) >= 11 is 0. The van der Waals surface area contributed by atoms with Crippen molar-refractivity contribution in [3.63, 3.8) is 0 Å². The zero-order valence-corrected chi connectivity index (χ0v) is 16.7. The lowest BCUT2D eigenvalue weighted by Crippen LogP contribution is -2.28. The molecule has 142 valence electrons. The molecule has 2 aromatic rings. The van der Waals surface area contributed by atoms with Crippen LogP contribution in [0.5, 0.6) is 0 Å². The quantitative estimate of drug-likeness (QED) is 0.763. The largest absolute Gasteiger partial charge is 0.345 e. The van der Waals surface area contributed by atoms with E-state index >= 15 is 0 Å². The minimum atomic E-state index is 0.0125. The Morgan fingerprint density at radius 3 is 2.48 bits per heavy atom. The molecule has 0 aliphatic carbocycles. The van der Waals surface area contributed by atoms with Gasteiger partial charge < -0.3 is 9.80 Å². The summed E-state index contributed by atoms with van der Waals surface area (Å²) in [6.45, 7) is 7.71. The van der Waals surface area contributed by atoms with Crippen LogP contribution in [0.4, 0.5) is 5.69 Å². The Labute approximate surface area is 161 Å². The third-order valence-electron chi connectivity index (χ3n) is 5.19. The first-order chi connectivity index (χ1) is 12.9. The van der Waals surface area contributed by atoms with E-state index in [1.807, 2.05) is 42.3 Å². The van der Waals surface area contributed by atoms with E-state index in [0.717, 1.165) is 29.8 Å². The Bertz CT molecular complexity index is 840. The fourth-order valence-corrected chi connectivity index (χ4v) is 3.48. The second kappa shape index (κ2) is 7.95. The van der Waals surface area contributed by atoms with Crippen molar-refractivity contribution in [3.05, 3.63) is 64.7 Å². The molecule has 2 amide bonds. The molecule has 0 unspecified atom stereocenters. The summed E-state index contributed by atoms with van der Waals surface area (Å²) in [5.74, 6) is 0.568. The van der Waals surface area contributed by atoms with Crippen LogP contribution in [0.1, 0.15) is 60.2 Å². The maximum absolute atomic E-state index is 12.9. The van der Waals surface area contributed by atoms with Crippen molar-refractivity contribution < 1.29 is 9.59 Å². The molecule has 0 spiro atoms. The zero-order chi connectivity index (χ0) is 19.6. The van der Waals surface area contributed by atoms with Crippen LogP contribution in [0.2, 0.25) is 0 Å². The number of likely N-dealkylation sites (N-methyl/N-ethyl adjacent to an activating group) is 1. The van der Waals surface area contributed by atoms with Gasteiger partial charge in [-0.2, -0.15) is 0 Å². The maximum Gasteiger partial charge on any atom is 0.258 e. The molecule has 0 fully saturated rings. The van der Waals surface area contributed by atoms with E-state index < -0.39 is 0 Å². The summed E-state index contributed by atoms with van der Waals surface area (Å²) in [6, 6.07) is 14.0. The van der Waals surface area contributed by atoms with Gasteiger partial charge in [0.2, 0.25) is 5.91 Å². The van der Waals surface area contributed by atoms with Crippen LogP contribution in [0.15, 0.2) is 42.5 Å². The van der Waals surface area contributed by atoms with Gasteiger partial charge in [0, 0.05) is 24.8 Å². The third kappa shape index (κ3) is 4.05. The Kier molecular flexibility index (Phi) is 5.64. The van der Waals surface area contributed by atoms with Crippen molar-refractivity contribution in [2.24, 2.45) is 0 Å². The summed E-state index contributed by atoms with van der Waals surface area (Å²) in [6.07, 6.45) is 1.27. The second-order valence-corrected chi connectivity index (χ2v) is 7.62. The predicted octanol–water partition coefficient (Wildman–Crippen LogP) is 4.38. The molecule has 4 heteroatoms. The minimum Gasteiger partial charge on any atom is -0.345 e. The summed E-state index contributed by atoms with van der Waals surface area (Å²) < 4.78 is 0. The van der Waals surface area contributed by atoms with Gasteiger partial charge in [-0.1, -0.05) is 45.0 Å². The number of rotatable bonds is 6. The number of hydrogen-bond donors (Lipinski definition) is 0. The average Bonchev–Trinajstić information content (AvgIpc) is 2.98. The SMILES string of the molecule is CCCN(C)C(=O)Cc1ccc2c(c1)C(=O)N(c1ccc(C(C)C)cc1)C2. The number of nitrogens with zero attached hydrogens (tertiary/aromatic N) is 2. The molecule has 27 heavy (non-hydrogen) atoms. The van der Waals surface area contributed by atoms with Gasteiger partial charge >= 0.3 is 0 Å². The lowest BCUT2D eigenvalue weighted by atomic mass is 10.0. The van der Waals surface area contributed by atoms with Crippen LogP contribution < -0.4 is 4.90 Å².